The van der Waals surface area contributed by atoms with Gasteiger partial charge in [-0.05, 0) is 66.8 Å². The zero-order valence-electron chi connectivity index (χ0n) is 14.4. The molecule has 0 bridgehead atoms. The van der Waals surface area contributed by atoms with E-state index in [0.717, 1.165) is 42.0 Å². The SMILES string of the molecule is O=C(Nc1ccc(Oc2ccncc2)cc1)C1CCCc2ccccc21. The van der Waals surface area contributed by atoms with E-state index >= 15 is 0 Å². The largest absolute Gasteiger partial charge is 0.457 e. The number of nitrogens with zero attached hydrogens (tertiary/aromatic N) is 1. The van der Waals surface area contributed by atoms with Crippen LogP contribution in [0.1, 0.15) is 29.9 Å². The number of aryl methyl sites for hydroxylation is 1. The molecule has 26 heavy (non-hydrogen) atoms. The lowest BCUT2D eigenvalue weighted by molar-refractivity contribution is -0.117. The van der Waals surface area contributed by atoms with Crippen molar-refractivity contribution >= 4 is 11.6 Å². The highest BCUT2D eigenvalue weighted by Crippen LogP contribution is 2.32. The Balaban J connectivity index is 1.44. The first-order valence-corrected chi connectivity index (χ1v) is 8.86. The number of hydrogen-bond acceptors (Lipinski definition) is 3. The molecule has 4 heteroatoms. The molecular formula is C22H20N2O2. The number of nitrogens with one attached hydrogen (secondary N) is 1. The van der Waals surface area contributed by atoms with E-state index in [2.05, 4.69) is 22.4 Å². The summed E-state index contributed by atoms with van der Waals surface area (Å²) in [4.78, 5) is 16.7. The summed E-state index contributed by atoms with van der Waals surface area (Å²) in [6.45, 7) is 0. The summed E-state index contributed by atoms with van der Waals surface area (Å²) >= 11 is 0. The van der Waals surface area contributed by atoms with Gasteiger partial charge in [0.15, 0.2) is 0 Å². The number of carbonyl (C=O) groups excluding carboxylic acids is 1. The molecule has 0 aliphatic heterocycles. The summed E-state index contributed by atoms with van der Waals surface area (Å²) in [5.41, 5.74) is 3.23. The van der Waals surface area contributed by atoms with E-state index in [1.54, 1.807) is 24.5 Å². The molecule has 1 aliphatic carbocycles. The normalized spacial score (nSPS) is 15.8. The van der Waals surface area contributed by atoms with Gasteiger partial charge in [0.05, 0.1) is 5.92 Å². The summed E-state index contributed by atoms with van der Waals surface area (Å²) in [6, 6.07) is 19.3. The minimum absolute atomic E-state index is 0.0555. The first-order chi connectivity index (χ1) is 12.8. The molecule has 1 heterocycles. The van der Waals surface area contributed by atoms with Crippen LogP contribution in [0.15, 0.2) is 73.1 Å². The van der Waals surface area contributed by atoms with Crippen molar-refractivity contribution in [3.05, 3.63) is 84.2 Å². The third-order valence-electron chi connectivity index (χ3n) is 4.69. The van der Waals surface area contributed by atoms with E-state index in [1.807, 2.05) is 36.4 Å². The average molecular weight is 344 g/mol. The molecule has 1 N–H and O–H groups in total. The first kappa shape index (κ1) is 16.3. The maximum Gasteiger partial charge on any atom is 0.231 e. The van der Waals surface area contributed by atoms with Crippen LogP contribution < -0.4 is 10.1 Å². The van der Waals surface area contributed by atoms with Gasteiger partial charge in [0.1, 0.15) is 11.5 Å². The molecule has 1 atom stereocenters. The van der Waals surface area contributed by atoms with E-state index in [9.17, 15) is 4.79 Å². The quantitative estimate of drug-likeness (QED) is 0.730. The summed E-state index contributed by atoms with van der Waals surface area (Å²) in [7, 11) is 0. The van der Waals surface area contributed by atoms with Crippen molar-refractivity contribution in [2.45, 2.75) is 25.2 Å². The molecule has 0 saturated carbocycles. The molecule has 1 aromatic heterocycles. The fourth-order valence-corrected chi connectivity index (χ4v) is 3.40. The molecule has 4 rings (SSSR count). The van der Waals surface area contributed by atoms with Gasteiger partial charge in [-0.2, -0.15) is 0 Å². The standard InChI is InChI=1S/C22H20N2O2/c25-22(21-7-3-5-16-4-1-2-6-20(16)21)24-17-8-10-18(11-9-17)26-19-12-14-23-15-13-19/h1-2,4,6,8-15,21H,3,5,7H2,(H,24,25). The number of anilines is 1. The molecule has 1 unspecified atom stereocenters. The van der Waals surface area contributed by atoms with Crippen LogP contribution in [-0.2, 0) is 11.2 Å². The number of ether oxygens (including phenoxy) is 1. The maximum absolute atomic E-state index is 12.8. The van der Waals surface area contributed by atoms with Gasteiger partial charge in [0, 0.05) is 18.1 Å². The summed E-state index contributed by atoms with van der Waals surface area (Å²) in [5.74, 6) is 1.43. The Morgan fingerprint density at radius 1 is 0.962 bits per heavy atom. The van der Waals surface area contributed by atoms with Gasteiger partial charge in [0.2, 0.25) is 5.91 Å². The predicted octanol–water partition coefficient (Wildman–Crippen LogP) is 4.93. The molecule has 1 amide bonds. The first-order valence-electron chi connectivity index (χ1n) is 8.86. The fourth-order valence-electron chi connectivity index (χ4n) is 3.40. The second-order valence-electron chi connectivity index (χ2n) is 6.44. The lowest BCUT2D eigenvalue weighted by atomic mass is 9.82. The van der Waals surface area contributed by atoms with Crippen molar-refractivity contribution in [2.24, 2.45) is 0 Å². The van der Waals surface area contributed by atoms with Gasteiger partial charge < -0.3 is 10.1 Å². The van der Waals surface area contributed by atoms with E-state index < -0.39 is 0 Å². The number of hydrogen-bond donors (Lipinski definition) is 1. The predicted molar refractivity (Wildman–Crippen MR) is 102 cm³/mol. The average Bonchev–Trinajstić information content (AvgIpc) is 2.70. The van der Waals surface area contributed by atoms with Gasteiger partial charge in [-0.15, -0.1) is 0 Å². The van der Waals surface area contributed by atoms with Crippen molar-refractivity contribution in [2.75, 3.05) is 5.32 Å². The minimum Gasteiger partial charge on any atom is -0.457 e. The summed E-state index contributed by atoms with van der Waals surface area (Å²) in [6.07, 6.45) is 6.37. The maximum atomic E-state index is 12.8. The van der Waals surface area contributed by atoms with Gasteiger partial charge in [0.25, 0.3) is 0 Å². The van der Waals surface area contributed by atoms with Crippen LogP contribution in [0.4, 0.5) is 5.69 Å². The van der Waals surface area contributed by atoms with Crippen molar-refractivity contribution in [1.82, 2.24) is 4.98 Å². The van der Waals surface area contributed by atoms with Gasteiger partial charge >= 0.3 is 0 Å². The lowest BCUT2D eigenvalue weighted by Crippen LogP contribution is -2.24. The lowest BCUT2D eigenvalue weighted by Gasteiger charge is -2.24. The van der Waals surface area contributed by atoms with Crippen LogP contribution in [0.3, 0.4) is 0 Å². The molecule has 0 radical (unpaired) electrons. The van der Waals surface area contributed by atoms with Crippen LogP contribution in [0, 0.1) is 0 Å². The molecule has 1 aliphatic rings. The van der Waals surface area contributed by atoms with Crippen LogP contribution in [-0.4, -0.2) is 10.9 Å². The molecule has 3 aromatic rings. The van der Waals surface area contributed by atoms with Crippen molar-refractivity contribution in [1.29, 1.82) is 0 Å². The number of amides is 1. The Labute approximate surface area is 152 Å². The Bertz CT molecular complexity index is 892. The third-order valence-corrected chi connectivity index (χ3v) is 4.69. The highest BCUT2D eigenvalue weighted by molar-refractivity contribution is 5.96. The molecule has 0 spiro atoms. The molecule has 4 nitrogen and oxygen atoms in total. The zero-order valence-corrected chi connectivity index (χ0v) is 14.4. The van der Waals surface area contributed by atoms with Crippen molar-refractivity contribution < 1.29 is 9.53 Å². The number of fused-ring (bicyclic) bond motifs is 1. The summed E-state index contributed by atoms with van der Waals surface area (Å²) in [5, 5.41) is 3.04. The zero-order chi connectivity index (χ0) is 17.8. The number of aromatic nitrogens is 1. The topological polar surface area (TPSA) is 51.2 Å². The van der Waals surface area contributed by atoms with Gasteiger partial charge in [-0.25, -0.2) is 0 Å². The molecule has 130 valence electrons. The van der Waals surface area contributed by atoms with Gasteiger partial charge in [-0.3, -0.25) is 9.78 Å². The third kappa shape index (κ3) is 3.59. The van der Waals surface area contributed by atoms with E-state index in [4.69, 9.17) is 4.74 Å². The molecular weight excluding hydrogens is 324 g/mol. The molecule has 2 aromatic carbocycles. The van der Waals surface area contributed by atoms with E-state index in [1.165, 1.54) is 5.56 Å². The van der Waals surface area contributed by atoms with Crippen LogP contribution in [0.5, 0.6) is 11.5 Å². The van der Waals surface area contributed by atoms with E-state index in [0.29, 0.717) is 0 Å². The molecule has 0 saturated heterocycles. The Hall–Kier alpha value is -3.14. The monoisotopic (exact) mass is 344 g/mol. The fraction of sp³-hybridized carbons (Fsp3) is 0.182. The minimum atomic E-state index is -0.0762. The highest BCUT2D eigenvalue weighted by atomic mass is 16.5. The van der Waals surface area contributed by atoms with Crippen molar-refractivity contribution in [3.63, 3.8) is 0 Å². The Morgan fingerprint density at radius 3 is 2.50 bits per heavy atom. The van der Waals surface area contributed by atoms with Gasteiger partial charge in [-0.1, -0.05) is 24.3 Å². The Morgan fingerprint density at radius 2 is 1.69 bits per heavy atom. The number of rotatable bonds is 4. The van der Waals surface area contributed by atoms with Crippen LogP contribution in [0.25, 0.3) is 0 Å². The second kappa shape index (κ2) is 7.40. The van der Waals surface area contributed by atoms with Crippen LogP contribution >= 0.6 is 0 Å². The number of pyridine rings is 1. The van der Waals surface area contributed by atoms with E-state index in [-0.39, 0.29) is 11.8 Å². The van der Waals surface area contributed by atoms with Crippen molar-refractivity contribution in [3.8, 4) is 11.5 Å². The smallest absolute Gasteiger partial charge is 0.231 e. The second-order valence-corrected chi connectivity index (χ2v) is 6.44. The Kier molecular flexibility index (Phi) is 4.65. The summed E-state index contributed by atoms with van der Waals surface area (Å²) < 4.78 is 5.75. The number of carbonyl (C=O) groups is 1. The van der Waals surface area contributed by atoms with Crippen LogP contribution in [0.2, 0.25) is 0 Å². The highest BCUT2D eigenvalue weighted by Gasteiger charge is 2.26. The molecule has 0 fully saturated rings. The number of benzene rings is 2.